The van der Waals surface area contributed by atoms with Gasteiger partial charge in [0.05, 0.1) is 12.5 Å². The van der Waals surface area contributed by atoms with Crippen LogP contribution in [0.15, 0.2) is 75.9 Å². The van der Waals surface area contributed by atoms with Gasteiger partial charge in [-0.1, -0.05) is 59.8 Å². The Morgan fingerprint density at radius 2 is 1.68 bits per heavy atom. The number of aryl methyl sites for hydroxylation is 1. The predicted octanol–water partition coefficient (Wildman–Crippen LogP) is 4.47. The molecule has 7 nitrogen and oxygen atoms in total. The Hall–Kier alpha value is -3.74. The molecule has 31 heavy (non-hydrogen) atoms. The van der Waals surface area contributed by atoms with E-state index in [0.29, 0.717) is 30.3 Å². The molecule has 0 saturated carbocycles. The molecule has 7 heteroatoms. The molecule has 0 bridgehead atoms. The molecular weight excluding hydrogens is 392 g/mol. The molecule has 0 spiro atoms. The fourth-order valence-electron chi connectivity index (χ4n) is 3.32. The van der Waals surface area contributed by atoms with E-state index in [2.05, 4.69) is 51.8 Å². The van der Waals surface area contributed by atoms with Crippen molar-refractivity contribution in [1.82, 2.24) is 20.3 Å². The topological polar surface area (TPSA) is 85.3 Å². The largest absolute Gasteiger partial charge is 0.425 e. The van der Waals surface area contributed by atoms with E-state index in [-0.39, 0.29) is 18.4 Å². The number of rotatable bonds is 8. The molecule has 2 heterocycles. The first kappa shape index (κ1) is 20.5. The summed E-state index contributed by atoms with van der Waals surface area (Å²) in [4.78, 5) is 14.1. The second-order valence-corrected chi connectivity index (χ2v) is 7.43. The Bertz CT molecular complexity index is 1110. The number of aromatic nitrogens is 3. The fourth-order valence-corrected chi connectivity index (χ4v) is 3.32. The van der Waals surface area contributed by atoms with Crippen LogP contribution in [-0.2, 0) is 17.6 Å². The first-order chi connectivity index (χ1) is 15.1. The van der Waals surface area contributed by atoms with E-state index >= 15 is 0 Å². The van der Waals surface area contributed by atoms with Crippen molar-refractivity contribution >= 4 is 5.91 Å². The molecule has 4 aromatic rings. The van der Waals surface area contributed by atoms with E-state index in [1.54, 1.807) is 18.0 Å². The lowest BCUT2D eigenvalue weighted by Crippen LogP contribution is -2.30. The number of hydrogen-bond donors (Lipinski definition) is 0. The molecule has 2 aromatic heterocycles. The van der Waals surface area contributed by atoms with Crippen LogP contribution in [-0.4, -0.2) is 33.2 Å². The van der Waals surface area contributed by atoms with Gasteiger partial charge in [-0.25, -0.2) is 0 Å². The summed E-state index contributed by atoms with van der Waals surface area (Å²) < 4.78 is 10.6. The highest BCUT2D eigenvalue weighted by atomic mass is 16.5. The van der Waals surface area contributed by atoms with Crippen molar-refractivity contribution in [3.8, 4) is 11.1 Å². The zero-order valence-electron chi connectivity index (χ0n) is 17.6. The standard InChI is InChI=1S/C24H24N4O3/c1-17(21-14-15-30-27-21)28(2)24(29)13-12-22-25-26-23(31-22)16-18-8-10-20(11-9-18)19-6-4-3-5-7-19/h3-11,14-15,17H,12-13,16H2,1-2H3. The maximum absolute atomic E-state index is 12.5. The molecule has 0 radical (unpaired) electrons. The average Bonchev–Trinajstić information content (AvgIpc) is 3.50. The number of amides is 1. The van der Waals surface area contributed by atoms with Crippen molar-refractivity contribution < 1.29 is 13.7 Å². The monoisotopic (exact) mass is 416 g/mol. The highest BCUT2D eigenvalue weighted by Crippen LogP contribution is 2.21. The molecular formula is C24H24N4O3. The van der Waals surface area contributed by atoms with Gasteiger partial charge >= 0.3 is 0 Å². The third-order valence-corrected chi connectivity index (χ3v) is 5.34. The molecule has 0 aliphatic rings. The van der Waals surface area contributed by atoms with Crippen LogP contribution in [0.4, 0.5) is 0 Å². The molecule has 0 aliphatic carbocycles. The van der Waals surface area contributed by atoms with E-state index in [9.17, 15) is 4.79 Å². The minimum Gasteiger partial charge on any atom is -0.425 e. The molecule has 0 N–H and O–H groups in total. The van der Waals surface area contributed by atoms with Gasteiger partial charge in [-0.3, -0.25) is 4.79 Å². The summed E-state index contributed by atoms with van der Waals surface area (Å²) in [5.41, 5.74) is 4.15. The first-order valence-corrected chi connectivity index (χ1v) is 10.2. The lowest BCUT2D eigenvalue weighted by molar-refractivity contribution is -0.131. The zero-order chi connectivity index (χ0) is 21.6. The van der Waals surface area contributed by atoms with Crippen molar-refractivity contribution in [1.29, 1.82) is 0 Å². The molecule has 2 aromatic carbocycles. The van der Waals surface area contributed by atoms with Gasteiger partial charge < -0.3 is 13.8 Å². The van der Waals surface area contributed by atoms with Crippen molar-refractivity contribution in [2.24, 2.45) is 0 Å². The zero-order valence-corrected chi connectivity index (χ0v) is 17.6. The van der Waals surface area contributed by atoms with Crippen LogP contribution in [0.2, 0.25) is 0 Å². The summed E-state index contributed by atoms with van der Waals surface area (Å²) in [7, 11) is 1.75. The van der Waals surface area contributed by atoms with Gasteiger partial charge in [0.1, 0.15) is 12.0 Å². The van der Waals surface area contributed by atoms with E-state index in [1.165, 1.54) is 11.8 Å². The van der Waals surface area contributed by atoms with Gasteiger partial charge in [0.2, 0.25) is 17.7 Å². The van der Waals surface area contributed by atoms with Crippen molar-refractivity contribution in [2.45, 2.75) is 32.2 Å². The predicted molar refractivity (Wildman–Crippen MR) is 115 cm³/mol. The Kier molecular flexibility index (Phi) is 6.21. The number of carbonyl (C=O) groups excluding carboxylic acids is 1. The van der Waals surface area contributed by atoms with Gasteiger partial charge in [-0.05, 0) is 23.6 Å². The second kappa shape index (κ2) is 9.38. The second-order valence-electron chi connectivity index (χ2n) is 7.43. The molecule has 1 unspecified atom stereocenters. The van der Waals surface area contributed by atoms with Crippen molar-refractivity contribution in [3.63, 3.8) is 0 Å². The molecule has 4 rings (SSSR count). The molecule has 158 valence electrons. The normalized spacial score (nSPS) is 11.9. The summed E-state index contributed by atoms with van der Waals surface area (Å²) in [6.07, 6.45) is 2.74. The van der Waals surface area contributed by atoms with Crippen LogP contribution in [0.3, 0.4) is 0 Å². The number of carbonyl (C=O) groups is 1. The number of hydrogen-bond acceptors (Lipinski definition) is 6. The van der Waals surface area contributed by atoms with Crippen LogP contribution >= 0.6 is 0 Å². The molecule has 0 fully saturated rings. The third kappa shape index (κ3) is 5.06. The molecule has 0 aliphatic heterocycles. The fraction of sp³-hybridized carbons (Fsp3) is 0.250. The summed E-state index contributed by atoms with van der Waals surface area (Å²) >= 11 is 0. The summed E-state index contributed by atoms with van der Waals surface area (Å²) in [6.45, 7) is 1.91. The quantitative estimate of drug-likeness (QED) is 0.421. The summed E-state index contributed by atoms with van der Waals surface area (Å²) in [6, 6.07) is 20.1. The van der Waals surface area contributed by atoms with Crippen LogP contribution in [0, 0.1) is 0 Å². The first-order valence-electron chi connectivity index (χ1n) is 10.2. The van der Waals surface area contributed by atoms with E-state index in [0.717, 1.165) is 11.1 Å². The lowest BCUT2D eigenvalue weighted by Gasteiger charge is -2.22. The van der Waals surface area contributed by atoms with Crippen LogP contribution in [0.1, 0.15) is 42.4 Å². The van der Waals surface area contributed by atoms with E-state index < -0.39 is 0 Å². The van der Waals surface area contributed by atoms with E-state index in [1.807, 2.05) is 25.1 Å². The smallest absolute Gasteiger partial charge is 0.223 e. The average molecular weight is 416 g/mol. The lowest BCUT2D eigenvalue weighted by atomic mass is 10.0. The van der Waals surface area contributed by atoms with Crippen LogP contribution in [0.25, 0.3) is 11.1 Å². The van der Waals surface area contributed by atoms with Gasteiger partial charge in [0, 0.05) is 26.0 Å². The van der Waals surface area contributed by atoms with Crippen LogP contribution < -0.4 is 0 Å². The Labute approximate surface area is 180 Å². The summed E-state index contributed by atoms with van der Waals surface area (Å²) in [5, 5.41) is 12.1. The van der Waals surface area contributed by atoms with Crippen molar-refractivity contribution in [3.05, 3.63) is 90.0 Å². The van der Waals surface area contributed by atoms with Crippen LogP contribution in [0.5, 0.6) is 0 Å². The Morgan fingerprint density at radius 1 is 0.968 bits per heavy atom. The van der Waals surface area contributed by atoms with Gasteiger partial charge in [-0.15, -0.1) is 10.2 Å². The number of benzene rings is 2. The SMILES string of the molecule is CC(c1ccon1)N(C)C(=O)CCc1nnc(Cc2ccc(-c3ccccc3)cc2)o1. The molecule has 1 atom stereocenters. The molecule has 1 amide bonds. The van der Waals surface area contributed by atoms with E-state index in [4.69, 9.17) is 8.94 Å². The van der Waals surface area contributed by atoms with Gasteiger partial charge in [-0.2, -0.15) is 0 Å². The minimum atomic E-state index is -0.164. The highest BCUT2D eigenvalue weighted by Gasteiger charge is 2.20. The minimum absolute atomic E-state index is 0.0215. The van der Waals surface area contributed by atoms with Crippen molar-refractivity contribution in [2.75, 3.05) is 7.05 Å². The highest BCUT2D eigenvalue weighted by molar-refractivity contribution is 5.76. The third-order valence-electron chi connectivity index (χ3n) is 5.34. The Balaban J connectivity index is 1.31. The Morgan fingerprint density at radius 3 is 2.39 bits per heavy atom. The maximum atomic E-state index is 12.5. The maximum Gasteiger partial charge on any atom is 0.223 e. The molecule has 0 saturated heterocycles. The van der Waals surface area contributed by atoms with Gasteiger partial charge in [0.25, 0.3) is 0 Å². The van der Waals surface area contributed by atoms with Gasteiger partial charge in [0.15, 0.2) is 0 Å². The number of nitrogens with zero attached hydrogens (tertiary/aromatic N) is 4. The summed E-state index contributed by atoms with van der Waals surface area (Å²) in [5.74, 6) is 0.984.